The van der Waals surface area contributed by atoms with Crippen LogP contribution in [0.1, 0.15) is 40.8 Å². The molecule has 1 aliphatic rings. The Balaban J connectivity index is 2.08. The van der Waals surface area contributed by atoms with Crippen molar-refractivity contribution in [3.05, 3.63) is 16.7 Å². The summed E-state index contributed by atoms with van der Waals surface area (Å²) in [5.74, 6) is 4.98. The molecular weight excluding hydrogens is 448 g/mol. The lowest BCUT2D eigenvalue weighted by Crippen LogP contribution is -2.50. The van der Waals surface area contributed by atoms with E-state index in [1.165, 1.54) is 6.33 Å². The maximum absolute atomic E-state index is 12.6. The van der Waals surface area contributed by atoms with Gasteiger partial charge in [0.2, 0.25) is 11.9 Å². The van der Waals surface area contributed by atoms with E-state index in [-0.39, 0.29) is 40.6 Å². The summed E-state index contributed by atoms with van der Waals surface area (Å²) in [6.07, 6.45) is -1.61. The SMILES string of the molecule is CC(C)C(=O)Nc1nc2c(ncn2[C@@H]2O[C@H](CO)[C@H](ON)C2O[Si](C)(C)C(C)(C)C)c(=O)[nH]1. The summed E-state index contributed by atoms with van der Waals surface area (Å²) in [6, 6.07) is 0. The molecule has 2 aromatic heterocycles. The number of aromatic amines is 1. The number of aliphatic hydroxyl groups is 1. The van der Waals surface area contributed by atoms with E-state index in [0.717, 1.165) is 0 Å². The fourth-order valence-electron chi connectivity index (χ4n) is 3.32. The third-order valence-electron chi connectivity index (χ3n) is 6.33. The summed E-state index contributed by atoms with van der Waals surface area (Å²) in [4.78, 5) is 41.0. The van der Waals surface area contributed by atoms with Crippen LogP contribution in [0.15, 0.2) is 11.1 Å². The van der Waals surface area contributed by atoms with Gasteiger partial charge in [-0.05, 0) is 18.1 Å². The number of carbonyl (C=O) groups excluding carboxylic acids is 1. The highest BCUT2D eigenvalue weighted by Crippen LogP contribution is 2.42. The van der Waals surface area contributed by atoms with Crippen molar-refractivity contribution in [1.82, 2.24) is 19.5 Å². The minimum Gasteiger partial charge on any atom is -0.406 e. The first-order valence-electron chi connectivity index (χ1n) is 10.9. The third kappa shape index (κ3) is 4.88. The molecule has 0 spiro atoms. The molecule has 4 atom stereocenters. The average Bonchev–Trinajstić information content (AvgIpc) is 3.27. The summed E-state index contributed by atoms with van der Waals surface area (Å²) in [7, 11) is -2.32. The molecule has 13 heteroatoms. The Morgan fingerprint density at radius 1 is 1.39 bits per heavy atom. The van der Waals surface area contributed by atoms with Crippen LogP contribution in [-0.4, -0.2) is 63.8 Å². The molecule has 3 heterocycles. The molecule has 1 fully saturated rings. The third-order valence-corrected chi connectivity index (χ3v) is 10.8. The molecule has 1 unspecified atom stereocenters. The second-order valence-electron chi connectivity index (χ2n) is 10.1. The number of nitrogens with one attached hydrogen (secondary N) is 2. The van der Waals surface area contributed by atoms with Crippen LogP contribution in [0.5, 0.6) is 0 Å². The predicted octanol–water partition coefficient (Wildman–Crippen LogP) is 1.25. The number of anilines is 1. The van der Waals surface area contributed by atoms with Gasteiger partial charge in [-0.2, -0.15) is 4.98 Å². The zero-order valence-corrected chi connectivity index (χ0v) is 21.1. The van der Waals surface area contributed by atoms with Gasteiger partial charge in [0.25, 0.3) is 5.56 Å². The van der Waals surface area contributed by atoms with E-state index in [4.69, 9.17) is 19.9 Å². The summed E-state index contributed by atoms with van der Waals surface area (Å²) in [5, 5.41) is 12.3. The molecule has 3 rings (SSSR count). The molecular formula is C20H34N6O6Si. The Bertz CT molecular complexity index is 1060. The van der Waals surface area contributed by atoms with Crippen LogP contribution in [0, 0.1) is 5.92 Å². The highest BCUT2D eigenvalue weighted by molar-refractivity contribution is 6.74. The lowest BCUT2D eigenvalue weighted by Gasteiger charge is -2.40. The molecule has 0 saturated carbocycles. The van der Waals surface area contributed by atoms with Gasteiger partial charge < -0.3 is 14.3 Å². The number of rotatable bonds is 7. The summed E-state index contributed by atoms with van der Waals surface area (Å²) < 4.78 is 14.2. The van der Waals surface area contributed by atoms with Crippen LogP contribution in [-0.2, 0) is 18.8 Å². The number of hydrogen-bond donors (Lipinski definition) is 4. The van der Waals surface area contributed by atoms with Crippen LogP contribution >= 0.6 is 0 Å². The van der Waals surface area contributed by atoms with Gasteiger partial charge in [-0.15, -0.1) is 0 Å². The summed E-state index contributed by atoms with van der Waals surface area (Å²) in [5.41, 5.74) is -0.242. The fraction of sp³-hybridized carbons (Fsp3) is 0.700. The molecule has 1 saturated heterocycles. The van der Waals surface area contributed by atoms with Crippen molar-refractivity contribution in [3.8, 4) is 0 Å². The quantitative estimate of drug-likeness (QED) is 0.335. The second kappa shape index (κ2) is 9.23. The Labute approximate surface area is 192 Å². The highest BCUT2D eigenvalue weighted by Gasteiger charge is 2.51. The summed E-state index contributed by atoms with van der Waals surface area (Å²) in [6.45, 7) is 13.6. The van der Waals surface area contributed by atoms with E-state index < -0.39 is 38.4 Å². The van der Waals surface area contributed by atoms with Crippen molar-refractivity contribution >= 4 is 31.3 Å². The van der Waals surface area contributed by atoms with Crippen molar-refractivity contribution < 1.29 is 23.9 Å². The second-order valence-corrected chi connectivity index (χ2v) is 14.8. The minimum atomic E-state index is -2.32. The minimum absolute atomic E-state index is 0.00172. The monoisotopic (exact) mass is 482 g/mol. The number of imidazole rings is 1. The van der Waals surface area contributed by atoms with Gasteiger partial charge in [-0.1, -0.05) is 34.6 Å². The number of nitrogens with two attached hydrogens (primary N) is 1. The maximum Gasteiger partial charge on any atom is 0.280 e. The molecule has 0 aromatic carbocycles. The number of carbonyl (C=O) groups is 1. The number of aliphatic hydroxyl groups excluding tert-OH is 1. The summed E-state index contributed by atoms with van der Waals surface area (Å²) >= 11 is 0. The molecule has 5 N–H and O–H groups in total. The van der Waals surface area contributed by atoms with E-state index in [9.17, 15) is 14.7 Å². The van der Waals surface area contributed by atoms with Crippen LogP contribution in [0.4, 0.5) is 5.95 Å². The number of amides is 1. The zero-order chi connectivity index (χ0) is 24.7. The van der Waals surface area contributed by atoms with E-state index in [2.05, 4.69) is 54.1 Å². The number of H-pyrrole nitrogens is 1. The normalized spacial score (nSPS) is 24.1. The molecule has 1 aliphatic heterocycles. The number of hydrogen-bond acceptors (Lipinski definition) is 9. The molecule has 1 amide bonds. The van der Waals surface area contributed by atoms with Crippen molar-refractivity contribution in [2.24, 2.45) is 11.8 Å². The fourth-order valence-corrected chi connectivity index (χ4v) is 4.60. The Morgan fingerprint density at radius 2 is 2.06 bits per heavy atom. The van der Waals surface area contributed by atoms with Gasteiger partial charge in [-0.25, -0.2) is 10.9 Å². The van der Waals surface area contributed by atoms with Gasteiger partial charge in [0.15, 0.2) is 25.7 Å². The van der Waals surface area contributed by atoms with Gasteiger partial charge in [-0.3, -0.25) is 29.3 Å². The maximum atomic E-state index is 12.6. The molecule has 184 valence electrons. The van der Waals surface area contributed by atoms with Crippen LogP contribution < -0.4 is 16.8 Å². The van der Waals surface area contributed by atoms with Crippen molar-refractivity contribution in [2.75, 3.05) is 11.9 Å². The van der Waals surface area contributed by atoms with Crippen LogP contribution in [0.3, 0.4) is 0 Å². The van der Waals surface area contributed by atoms with Crippen molar-refractivity contribution in [1.29, 1.82) is 0 Å². The lowest BCUT2D eigenvalue weighted by atomic mass is 10.1. The number of aromatic nitrogens is 4. The first-order chi connectivity index (χ1) is 15.3. The van der Waals surface area contributed by atoms with Crippen LogP contribution in [0.2, 0.25) is 18.1 Å². The van der Waals surface area contributed by atoms with E-state index in [1.54, 1.807) is 18.4 Å². The molecule has 0 aliphatic carbocycles. The van der Waals surface area contributed by atoms with E-state index in [1.807, 2.05) is 0 Å². The molecule has 0 radical (unpaired) electrons. The first-order valence-corrected chi connectivity index (χ1v) is 13.8. The molecule has 33 heavy (non-hydrogen) atoms. The zero-order valence-electron chi connectivity index (χ0n) is 20.1. The highest BCUT2D eigenvalue weighted by atomic mass is 28.4. The number of ether oxygens (including phenoxy) is 1. The molecule has 0 bridgehead atoms. The van der Waals surface area contributed by atoms with Gasteiger partial charge in [0.05, 0.1) is 12.9 Å². The van der Waals surface area contributed by atoms with E-state index in [0.29, 0.717) is 0 Å². The number of nitrogens with zero attached hydrogens (tertiary/aromatic N) is 3. The molecule has 2 aromatic rings. The topological polar surface area (TPSA) is 167 Å². The number of fused-ring (bicyclic) bond motifs is 1. The lowest BCUT2D eigenvalue weighted by molar-refractivity contribution is -0.118. The van der Waals surface area contributed by atoms with Crippen molar-refractivity contribution in [2.45, 2.75) is 77.3 Å². The smallest absolute Gasteiger partial charge is 0.280 e. The van der Waals surface area contributed by atoms with E-state index >= 15 is 0 Å². The Kier molecular flexibility index (Phi) is 7.12. The van der Waals surface area contributed by atoms with Gasteiger partial charge >= 0.3 is 0 Å². The van der Waals surface area contributed by atoms with Gasteiger partial charge in [0, 0.05) is 5.92 Å². The molecule has 12 nitrogen and oxygen atoms in total. The average molecular weight is 483 g/mol. The predicted molar refractivity (Wildman–Crippen MR) is 124 cm³/mol. The van der Waals surface area contributed by atoms with Crippen LogP contribution in [0.25, 0.3) is 11.2 Å². The Morgan fingerprint density at radius 3 is 2.61 bits per heavy atom. The standard InChI is InChI=1S/C20H34N6O6Si/c1-10(2)16(28)24-19-23-15-12(17(29)25-19)22-9-26(15)18-14(13(31-21)11(8-27)30-18)32-33(6,7)20(3,4)5/h9-11,13-14,18,27H,8,21H2,1-7H3,(H2,23,24,25,28,29)/t11-,13+,14?,18-/m1/s1. The Hall–Kier alpha value is -2.16. The largest absolute Gasteiger partial charge is 0.406 e. The van der Waals surface area contributed by atoms with Gasteiger partial charge in [0.1, 0.15) is 18.3 Å². The van der Waals surface area contributed by atoms with Crippen molar-refractivity contribution in [3.63, 3.8) is 0 Å². The first kappa shape index (κ1) is 25.5.